The van der Waals surface area contributed by atoms with Crippen LogP contribution in [0.15, 0.2) is 224 Å². The van der Waals surface area contributed by atoms with Gasteiger partial charge in [-0.3, -0.25) is 0 Å². The number of hydrogen-bond acceptors (Lipinski definition) is 2. The van der Waals surface area contributed by atoms with E-state index in [0.717, 1.165) is 34.9 Å². The van der Waals surface area contributed by atoms with Crippen molar-refractivity contribution in [2.75, 3.05) is 9.80 Å². The molecule has 322 valence electrons. The van der Waals surface area contributed by atoms with Crippen LogP contribution in [0, 0.1) is 0 Å². The predicted molar refractivity (Wildman–Crippen MR) is 276 cm³/mol. The Kier molecular flexibility index (Phi) is 12.9. The molecule has 10 rings (SSSR count). The van der Waals surface area contributed by atoms with Crippen molar-refractivity contribution in [2.24, 2.45) is 0 Å². The maximum absolute atomic E-state index is 4.43. The molecule has 7 aromatic rings. The van der Waals surface area contributed by atoms with Gasteiger partial charge in [0.2, 0.25) is 0 Å². The standard InChI is InChI=1S/C63H60N2/c1-2-54(64(55-29-17-7-18-30-55)57-39-33-49(34-40-57)47-21-9-3-10-22-47)38-37-53-45-61(51-25-13-5-14-26-51)60-44-43-59(46-62(60)63(53)52-27-15-6-16-28-52)65(56-31-19-8-20-32-56)58-41-35-50(36-42-58)48-23-11-4-12-24-48/h2,5-8,13-20,25-44,46-48H,1,3-4,9-12,21-24,45H2/b53-37+,54-38+. The Morgan fingerprint density at radius 2 is 0.908 bits per heavy atom. The molecule has 0 unspecified atom stereocenters. The molecule has 0 saturated heterocycles. The van der Waals surface area contributed by atoms with Gasteiger partial charge in [0.1, 0.15) is 0 Å². The lowest BCUT2D eigenvalue weighted by Crippen LogP contribution is -2.34. The molecular formula is C63H60N2. The van der Waals surface area contributed by atoms with Gasteiger partial charge in [0.25, 0.3) is 0 Å². The van der Waals surface area contributed by atoms with Gasteiger partial charge in [-0.2, -0.15) is 0 Å². The zero-order valence-electron chi connectivity index (χ0n) is 37.7. The third-order valence-corrected chi connectivity index (χ3v) is 14.1. The average Bonchev–Trinajstić information content (AvgIpc) is 3.39. The van der Waals surface area contributed by atoms with E-state index < -0.39 is 0 Å². The van der Waals surface area contributed by atoms with E-state index in [0.29, 0.717) is 11.8 Å². The molecule has 2 heteroatoms. The summed E-state index contributed by atoms with van der Waals surface area (Å²) in [5, 5.41) is 2.50. The Balaban J connectivity index is 1.14. The fourth-order valence-corrected chi connectivity index (χ4v) is 10.8. The topological polar surface area (TPSA) is 6.48 Å². The van der Waals surface area contributed by atoms with Crippen LogP contribution < -0.4 is 20.2 Å². The number of fused-ring (bicyclic) bond motifs is 1. The molecule has 0 atom stereocenters. The van der Waals surface area contributed by atoms with Gasteiger partial charge in [-0.1, -0.05) is 179 Å². The lowest BCUT2D eigenvalue weighted by Gasteiger charge is -2.28. The van der Waals surface area contributed by atoms with E-state index in [1.54, 1.807) is 0 Å². The summed E-state index contributed by atoms with van der Waals surface area (Å²) in [6, 6.07) is 69.5. The number of anilines is 5. The number of para-hydroxylation sites is 2. The van der Waals surface area contributed by atoms with Crippen LogP contribution >= 0.6 is 0 Å². The molecule has 0 N–H and O–H groups in total. The molecule has 7 aromatic carbocycles. The molecule has 0 amide bonds. The van der Waals surface area contributed by atoms with Crippen LogP contribution in [0.1, 0.15) is 105 Å². The van der Waals surface area contributed by atoms with E-state index in [1.165, 1.54) is 119 Å². The zero-order valence-corrected chi connectivity index (χ0v) is 37.7. The van der Waals surface area contributed by atoms with Crippen LogP contribution in [-0.2, 0) is 0 Å². The average molecular weight is 845 g/mol. The molecule has 65 heavy (non-hydrogen) atoms. The van der Waals surface area contributed by atoms with Gasteiger partial charge in [0.05, 0.1) is 0 Å². The van der Waals surface area contributed by atoms with Crippen LogP contribution in [0.4, 0.5) is 28.4 Å². The van der Waals surface area contributed by atoms with Gasteiger partial charge < -0.3 is 9.80 Å². The Labute approximate surface area is 386 Å². The maximum atomic E-state index is 4.43. The summed E-state index contributed by atoms with van der Waals surface area (Å²) in [4.78, 5) is 4.78. The summed E-state index contributed by atoms with van der Waals surface area (Å²) in [5.74, 6) is 1.32. The minimum Gasteiger partial charge on any atom is -0.311 e. The second kappa shape index (κ2) is 19.9. The second-order valence-electron chi connectivity index (χ2n) is 18.2. The van der Waals surface area contributed by atoms with Crippen molar-refractivity contribution in [3.63, 3.8) is 0 Å². The first-order valence-corrected chi connectivity index (χ1v) is 24.1. The number of benzene rings is 7. The molecule has 2 saturated carbocycles. The summed E-state index contributed by atoms with van der Waals surface area (Å²) in [6.45, 7) is 4.43. The monoisotopic (exact) mass is 844 g/mol. The Morgan fingerprint density at radius 3 is 1.46 bits per heavy atom. The minimum absolute atomic E-state index is 0.658. The third-order valence-electron chi connectivity index (χ3n) is 14.1. The van der Waals surface area contributed by atoms with Crippen molar-refractivity contribution in [2.45, 2.75) is 82.5 Å². The number of allylic oxidation sites excluding steroid dienone is 4. The van der Waals surface area contributed by atoms with Crippen molar-refractivity contribution < 1.29 is 0 Å². The quantitative estimate of drug-likeness (QED) is 0.113. The minimum atomic E-state index is 0.658. The normalized spacial score (nSPS) is 16.6. The molecule has 0 heterocycles. The van der Waals surface area contributed by atoms with E-state index in [2.05, 4.69) is 217 Å². The van der Waals surface area contributed by atoms with E-state index >= 15 is 0 Å². The van der Waals surface area contributed by atoms with Gasteiger partial charge >= 0.3 is 0 Å². The van der Waals surface area contributed by atoms with Crippen LogP contribution in [0.25, 0.3) is 11.1 Å². The SMILES string of the molecule is C=C/C(=C\C=C1/CC(c2ccccc2)=c2ccc(N(c3ccccc3)c3ccc(C4CCCCC4)cc3)cc2=C1c1ccccc1)N(c1ccccc1)c1ccc(C2CCCCC2)cc1. The number of hydrogen-bond donors (Lipinski definition) is 0. The Morgan fingerprint density at radius 1 is 0.446 bits per heavy atom. The van der Waals surface area contributed by atoms with Crippen molar-refractivity contribution in [3.8, 4) is 0 Å². The highest BCUT2D eigenvalue weighted by Crippen LogP contribution is 2.40. The van der Waals surface area contributed by atoms with Crippen molar-refractivity contribution >= 4 is 39.6 Å². The van der Waals surface area contributed by atoms with Gasteiger partial charge in [-0.15, -0.1) is 0 Å². The van der Waals surface area contributed by atoms with Gasteiger partial charge in [-0.05, 0) is 166 Å². The molecule has 0 radical (unpaired) electrons. The van der Waals surface area contributed by atoms with Crippen LogP contribution in [-0.4, -0.2) is 0 Å². The highest BCUT2D eigenvalue weighted by molar-refractivity contribution is 5.88. The molecule has 2 fully saturated rings. The molecule has 3 aliphatic rings. The van der Waals surface area contributed by atoms with Crippen molar-refractivity contribution in [3.05, 3.63) is 257 Å². The molecular weight excluding hydrogens is 785 g/mol. The summed E-state index contributed by atoms with van der Waals surface area (Å²) in [7, 11) is 0. The lowest BCUT2D eigenvalue weighted by molar-refractivity contribution is 0.443. The van der Waals surface area contributed by atoms with E-state index in [-0.39, 0.29) is 0 Å². The van der Waals surface area contributed by atoms with Crippen LogP contribution in [0.5, 0.6) is 0 Å². The van der Waals surface area contributed by atoms with Gasteiger partial charge in [-0.25, -0.2) is 0 Å². The maximum Gasteiger partial charge on any atom is 0.0468 e. The fraction of sp³-hybridized carbons (Fsp3) is 0.206. The van der Waals surface area contributed by atoms with Gasteiger partial charge in [0, 0.05) is 34.1 Å². The predicted octanol–water partition coefficient (Wildman–Crippen LogP) is 15.9. The van der Waals surface area contributed by atoms with E-state index in [9.17, 15) is 0 Å². The molecule has 3 aliphatic carbocycles. The molecule has 2 nitrogen and oxygen atoms in total. The lowest BCUT2D eigenvalue weighted by atomic mass is 9.82. The summed E-state index contributed by atoms with van der Waals surface area (Å²) in [5.41, 5.74) is 15.9. The van der Waals surface area contributed by atoms with Crippen molar-refractivity contribution in [1.82, 2.24) is 0 Å². The van der Waals surface area contributed by atoms with Crippen molar-refractivity contribution in [1.29, 1.82) is 0 Å². The summed E-state index contributed by atoms with van der Waals surface area (Å²) < 4.78 is 0. The summed E-state index contributed by atoms with van der Waals surface area (Å²) >= 11 is 0. The summed E-state index contributed by atoms with van der Waals surface area (Å²) in [6.07, 6.45) is 20.7. The first kappa shape index (κ1) is 42.1. The third kappa shape index (κ3) is 9.22. The molecule has 0 aromatic heterocycles. The largest absolute Gasteiger partial charge is 0.311 e. The van der Waals surface area contributed by atoms with E-state index in [4.69, 9.17) is 0 Å². The second-order valence-corrected chi connectivity index (χ2v) is 18.2. The molecule has 0 spiro atoms. The number of rotatable bonds is 12. The van der Waals surface area contributed by atoms with Crippen LogP contribution in [0.2, 0.25) is 0 Å². The highest BCUT2D eigenvalue weighted by Gasteiger charge is 2.23. The van der Waals surface area contributed by atoms with E-state index in [1.807, 2.05) is 6.08 Å². The van der Waals surface area contributed by atoms with Gasteiger partial charge in [0.15, 0.2) is 0 Å². The highest BCUT2D eigenvalue weighted by atomic mass is 15.1. The fourth-order valence-electron chi connectivity index (χ4n) is 10.8. The Bertz CT molecular complexity index is 2880. The van der Waals surface area contributed by atoms with Crippen LogP contribution in [0.3, 0.4) is 0 Å². The first-order valence-electron chi connectivity index (χ1n) is 24.1. The Hall–Kier alpha value is -6.90. The number of nitrogens with zero attached hydrogens (tertiary/aromatic N) is 2. The molecule has 0 bridgehead atoms. The molecule has 0 aliphatic heterocycles. The zero-order chi connectivity index (χ0) is 43.8. The first-order chi connectivity index (χ1) is 32.2. The smallest absolute Gasteiger partial charge is 0.0468 e.